The van der Waals surface area contributed by atoms with Gasteiger partial charge in [0.1, 0.15) is 5.75 Å². The van der Waals surface area contributed by atoms with Gasteiger partial charge in [-0.15, -0.1) is 0 Å². The molecular formula is C9H13N2O2PS. The molecule has 0 heterocycles. The Labute approximate surface area is 93.4 Å². The SMILES string of the molecule is CS/C(N)=N\P(C)(=O)Oc1ccccc1. The summed E-state index contributed by atoms with van der Waals surface area (Å²) >= 11 is 1.24. The maximum absolute atomic E-state index is 11.8. The molecule has 0 spiro atoms. The van der Waals surface area contributed by atoms with Crippen LogP contribution in [0.4, 0.5) is 0 Å². The van der Waals surface area contributed by atoms with E-state index in [9.17, 15) is 4.57 Å². The fraction of sp³-hybridized carbons (Fsp3) is 0.222. The van der Waals surface area contributed by atoms with Crippen LogP contribution in [0.3, 0.4) is 0 Å². The van der Waals surface area contributed by atoms with Crippen LogP contribution in [0.15, 0.2) is 35.1 Å². The van der Waals surface area contributed by atoms with E-state index in [0.717, 1.165) is 0 Å². The van der Waals surface area contributed by atoms with Gasteiger partial charge in [0.05, 0.1) is 0 Å². The highest BCUT2D eigenvalue weighted by atomic mass is 32.2. The average Bonchev–Trinajstić information content (AvgIpc) is 2.17. The summed E-state index contributed by atoms with van der Waals surface area (Å²) in [7, 11) is -3.04. The number of para-hydroxylation sites is 1. The number of amidine groups is 1. The zero-order valence-electron chi connectivity index (χ0n) is 8.58. The van der Waals surface area contributed by atoms with E-state index in [1.54, 1.807) is 30.5 Å². The van der Waals surface area contributed by atoms with E-state index >= 15 is 0 Å². The molecule has 2 N–H and O–H groups in total. The van der Waals surface area contributed by atoms with Crippen molar-refractivity contribution in [2.45, 2.75) is 0 Å². The van der Waals surface area contributed by atoms with E-state index in [4.69, 9.17) is 10.3 Å². The molecule has 1 aromatic rings. The van der Waals surface area contributed by atoms with Gasteiger partial charge in [-0.2, -0.15) is 4.76 Å². The second kappa shape index (κ2) is 5.24. The molecule has 1 rings (SSSR count). The maximum atomic E-state index is 11.8. The normalized spacial score (nSPS) is 15.7. The Balaban J connectivity index is 2.78. The van der Waals surface area contributed by atoms with Gasteiger partial charge in [0.25, 0.3) is 0 Å². The number of hydrogen-bond donors (Lipinski definition) is 1. The van der Waals surface area contributed by atoms with Gasteiger partial charge in [0, 0.05) is 6.66 Å². The average molecular weight is 244 g/mol. The molecule has 1 unspecified atom stereocenters. The van der Waals surface area contributed by atoms with Crippen molar-refractivity contribution in [2.75, 3.05) is 12.9 Å². The van der Waals surface area contributed by atoms with Crippen LogP contribution < -0.4 is 10.3 Å². The summed E-state index contributed by atoms with van der Waals surface area (Å²) in [6.45, 7) is 1.43. The Bertz CT molecular complexity index is 394. The molecule has 0 saturated carbocycles. The smallest absolute Gasteiger partial charge is 0.361 e. The van der Waals surface area contributed by atoms with Crippen molar-refractivity contribution in [3.63, 3.8) is 0 Å². The molecule has 0 bridgehead atoms. The third-order valence-electron chi connectivity index (χ3n) is 1.51. The predicted octanol–water partition coefficient (Wildman–Crippen LogP) is 2.57. The first-order chi connectivity index (χ1) is 7.03. The fourth-order valence-electron chi connectivity index (χ4n) is 0.917. The highest BCUT2D eigenvalue weighted by Crippen LogP contribution is 2.44. The summed E-state index contributed by atoms with van der Waals surface area (Å²) in [5.41, 5.74) is 5.47. The fourth-order valence-corrected chi connectivity index (χ4v) is 2.60. The Morgan fingerprint density at radius 1 is 1.47 bits per heavy atom. The molecule has 1 aromatic carbocycles. The number of benzene rings is 1. The van der Waals surface area contributed by atoms with Crippen molar-refractivity contribution in [2.24, 2.45) is 10.5 Å². The summed E-state index contributed by atoms with van der Waals surface area (Å²) in [6, 6.07) is 8.91. The Hall–Kier alpha value is -0.930. The van der Waals surface area contributed by atoms with Crippen LogP contribution >= 0.6 is 19.3 Å². The van der Waals surface area contributed by atoms with E-state index in [1.807, 2.05) is 6.07 Å². The van der Waals surface area contributed by atoms with Crippen LogP contribution in [0.2, 0.25) is 0 Å². The number of rotatable bonds is 3. The zero-order valence-corrected chi connectivity index (χ0v) is 10.3. The maximum Gasteiger partial charge on any atom is 0.361 e. The molecule has 0 aromatic heterocycles. The summed E-state index contributed by atoms with van der Waals surface area (Å²) in [5.74, 6) is 0.529. The summed E-state index contributed by atoms with van der Waals surface area (Å²) in [4.78, 5) is 0. The van der Waals surface area contributed by atoms with Crippen molar-refractivity contribution in [3.05, 3.63) is 30.3 Å². The van der Waals surface area contributed by atoms with Gasteiger partial charge in [-0.1, -0.05) is 30.0 Å². The van der Waals surface area contributed by atoms with Crippen molar-refractivity contribution in [1.82, 2.24) is 0 Å². The molecule has 0 aliphatic heterocycles. The molecule has 0 aliphatic carbocycles. The number of hydrogen-bond acceptors (Lipinski definition) is 3. The van der Waals surface area contributed by atoms with Gasteiger partial charge in [-0.3, -0.25) is 4.57 Å². The topological polar surface area (TPSA) is 64.7 Å². The second-order valence-electron chi connectivity index (χ2n) is 2.85. The van der Waals surface area contributed by atoms with Gasteiger partial charge in [-0.25, -0.2) is 0 Å². The van der Waals surface area contributed by atoms with Crippen LogP contribution in [0.1, 0.15) is 0 Å². The van der Waals surface area contributed by atoms with Crippen LogP contribution in [0.5, 0.6) is 5.75 Å². The van der Waals surface area contributed by atoms with Gasteiger partial charge >= 0.3 is 7.52 Å². The Kier molecular flexibility index (Phi) is 4.24. The minimum absolute atomic E-state index is 0.261. The van der Waals surface area contributed by atoms with Gasteiger partial charge in [0.2, 0.25) is 0 Å². The monoisotopic (exact) mass is 244 g/mol. The summed E-state index contributed by atoms with van der Waals surface area (Å²) in [5, 5.41) is 0.261. The molecule has 0 radical (unpaired) electrons. The predicted molar refractivity (Wildman–Crippen MR) is 65.7 cm³/mol. The quantitative estimate of drug-likeness (QED) is 0.504. The minimum atomic E-state index is -3.04. The lowest BCUT2D eigenvalue weighted by Gasteiger charge is -2.10. The van der Waals surface area contributed by atoms with Gasteiger partial charge < -0.3 is 10.3 Å². The molecule has 1 atom stereocenters. The van der Waals surface area contributed by atoms with Crippen LogP contribution in [0, 0.1) is 0 Å². The second-order valence-corrected chi connectivity index (χ2v) is 5.66. The third kappa shape index (κ3) is 4.40. The largest absolute Gasteiger partial charge is 0.428 e. The molecule has 6 heteroatoms. The lowest BCUT2D eigenvalue weighted by Crippen LogP contribution is -2.06. The first-order valence-corrected chi connectivity index (χ1v) is 7.50. The van der Waals surface area contributed by atoms with Crippen molar-refractivity contribution in [1.29, 1.82) is 0 Å². The Morgan fingerprint density at radius 2 is 2.07 bits per heavy atom. The summed E-state index contributed by atoms with van der Waals surface area (Å²) in [6.07, 6.45) is 1.77. The zero-order chi connectivity index (χ0) is 11.3. The Morgan fingerprint density at radius 3 is 2.60 bits per heavy atom. The molecule has 0 aliphatic rings. The number of thioether (sulfide) groups is 1. The molecule has 4 nitrogen and oxygen atoms in total. The van der Waals surface area contributed by atoms with Crippen LogP contribution in [-0.2, 0) is 4.57 Å². The van der Waals surface area contributed by atoms with E-state index in [1.165, 1.54) is 18.4 Å². The number of nitrogens with zero attached hydrogens (tertiary/aromatic N) is 1. The standard InChI is InChI=1S/C9H13N2O2PS/c1-14(12,11-9(10)15-2)13-8-6-4-3-5-7-8/h3-7H,1-2H3,(H2,10,11,12). The first kappa shape index (κ1) is 12.1. The molecule has 0 amide bonds. The third-order valence-corrected chi connectivity index (χ3v) is 3.28. The van der Waals surface area contributed by atoms with Crippen molar-refractivity contribution >= 4 is 24.4 Å². The molecule has 0 saturated heterocycles. The number of nitrogens with two attached hydrogens (primary N) is 1. The van der Waals surface area contributed by atoms with Gasteiger partial charge in [0.15, 0.2) is 5.17 Å². The molecule has 82 valence electrons. The highest BCUT2D eigenvalue weighted by Gasteiger charge is 2.16. The van der Waals surface area contributed by atoms with E-state index < -0.39 is 7.52 Å². The molecule has 15 heavy (non-hydrogen) atoms. The lowest BCUT2D eigenvalue weighted by atomic mass is 10.3. The molecule has 0 fully saturated rings. The van der Waals surface area contributed by atoms with E-state index in [-0.39, 0.29) is 5.17 Å². The van der Waals surface area contributed by atoms with Crippen LogP contribution in [-0.4, -0.2) is 18.1 Å². The molecular weight excluding hydrogens is 231 g/mol. The van der Waals surface area contributed by atoms with Crippen molar-refractivity contribution < 1.29 is 9.09 Å². The van der Waals surface area contributed by atoms with Crippen molar-refractivity contribution in [3.8, 4) is 5.75 Å². The van der Waals surface area contributed by atoms with Gasteiger partial charge in [-0.05, 0) is 18.4 Å². The summed E-state index contributed by atoms with van der Waals surface area (Å²) < 4.78 is 20.9. The lowest BCUT2D eigenvalue weighted by molar-refractivity contribution is 0.490. The van der Waals surface area contributed by atoms with E-state index in [2.05, 4.69) is 4.76 Å². The first-order valence-electron chi connectivity index (χ1n) is 4.25. The van der Waals surface area contributed by atoms with Crippen LogP contribution in [0.25, 0.3) is 0 Å². The van der Waals surface area contributed by atoms with E-state index in [0.29, 0.717) is 5.75 Å². The minimum Gasteiger partial charge on any atom is -0.428 e. The highest BCUT2D eigenvalue weighted by molar-refractivity contribution is 8.13.